The smallest absolute Gasteiger partial charge is 0.394 e. The molecule has 0 aliphatic carbocycles. The number of hydrogen-bond donors (Lipinski definition) is 3. The molecule has 212 valence electrons. The van der Waals surface area contributed by atoms with E-state index in [0.717, 1.165) is 23.0 Å². The maximum absolute atomic E-state index is 14.9. The molecule has 16 heteroatoms. The topological polar surface area (TPSA) is 126 Å². The first-order valence-corrected chi connectivity index (χ1v) is 11.5. The zero-order valence-corrected chi connectivity index (χ0v) is 20.1. The van der Waals surface area contributed by atoms with Crippen molar-refractivity contribution in [2.45, 2.75) is 37.8 Å². The zero-order valence-electron chi connectivity index (χ0n) is 20.1. The summed E-state index contributed by atoms with van der Waals surface area (Å²) in [7, 11) is 0. The van der Waals surface area contributed by atoms with Gasteiger partial charge in [-0.2, -0.15) is 18.3 Å². The van der Waals surface area contributed by atoms with Crippen LogP contribution < -0.4 is 16.4 Å². The van der Waals surface area contributed by atoms with Crippen LogP contribution in [0, 0.1) is 5.82 Å². The van der Waals surface area contributed by atoms with Crippen LogP contribution in [-0.2, 0) is 12.7 Å². The number of nitrogens with one attached hydrogen (secondary N) is 2. The average Bonchev–Trinajstić information content (AvgIpc) is 2.89. The summed E-state index contributed by atoms with van der Waals surface area (Å²) in [6.07, 6.45) is -6.71. The first-order chi connectivity index (χ1) is 18.9. The Morgan fingerprint density at radius 3 is 2.40 bits per heavy atom. The average molecular weight is 572 g/mol. The van der Waals surface area contributed by atoms with Gasteiger partial charge in [-0.05, 0) is 23.6 Å². The van der Waals surface area contributed by atoms with Crippen molar-refractivity contribution in [2.24, 2.45) is 0 Å². The molecule has 1 aromatic carbocycles. The second-order valence-electron chi connectivity index (χ2n) is 8.68. The molecule has 0 bridgehead atoms. The van der Waals surface area contributed by atoms with E-state index in [1.54, 1.807) is 5.10 Å². The minimum Gasteiger partial charge on any atom is -0.394 e. The Balaban J connectivity index is 1.53. The Morgan fingerprint density at radius 1 is 1.07 bits per heavy atom. The number of anilines is 1. The molecule has 0 unspecified atom stereocenters. The molecule has 0 saturated heterocycles. The van der Waals surface area contributed by atoms with E-state index in [1.165, 1.54) is 18.3 Å². The van der Waals surface area contributed by atoms with Crippen LogP contribution in [0.3, 0.4) is 0 Å². The minimum atomic E-state index is -5.05. The molecule has 4 aromatic rings. The lowest BCUT2D eigenvalue weighted by Gasteiger charge is -2.22. The molecule has 4 rings (SSSR count). The molecule has 0 aliphatic rings. The van der Waals surface area contributed by atoms with Crippen molar-refractivity contribution < 1.29 is 35.8 Å². The number of pyridine rings is 1. The normalized spacial score (nSPS) is 13.5. The quantitative estimate of drug-likeness (QED) is 0.260. The molecule has 3 N–H and O–H groups in total. The van der Waals surface area contributed by atoms with Gasteiger partial charge >= 0.3 is 6.18 Å². The van der Waals surface area contributed by atoms with Gasteiger partial charge in [0.25, 0.3) is 17.5 Å². The van der Waals surface area contributed by atoms with Crippen molar-refractivity contribution in [3.05, 3.63) is 80.6 Å². The fourth-order valence-electron chi connectivity index (χ4n) is 4.00. The van der Waals surface area contributed by atoms with Crippen molar-refractivity contribution >= 4 is 16.5 Å². The standard InChI is InChI=1S/C24H19F7N6O3/c25-13(4-14(10-38)35-18-8-34-36-22(39)19(18)24(29,30)31)9-37-2-1-11-3-16(17(26)5-15(11)23(37)40)21-32-6-12(7-33-21)20(27)28/h1-3,5-8,13-14,20,38H,4,9-10H2,(H2,35,36,39)/t13-,14-/m0/s1. The SMILES string of the molecule is O=c1[nH]ncc(N[C@H](CO)C[C@H](F)Cn2ccc3cc(-c4ncc(C(F)F)cn4)c(F)cc3c2=O)c1C(F)(F)F. The van der Waals surface area contributed by atoms with Crippen molar-refractivity contribution in [1.82, 2.24) is 24.7 Å². The highest BCUT2D eigenvalue weighted by Crippen LogP contribution is 2.32. The van der Waals surface area contributed by atoms with Crippen LogP contribution in [0.4, 0.5) is 36.4 Å². The second-order valence-corrected chi connectivity index (χ2v) is 8.68. The van der Waals surface area contributed by atoms with E-state index >= 15 is 0 Å². The number of nitrogens with zero attached hydrogens (tertiary/aromatic N) is 4. The van der Waals surface area contributed by atoms with E-state index in [0.29, 0.717) is 6.20 Å². The van der Waals surface area contributed by atoms with Gasteiger partial charge in [0, 0.05) is 25.0 Å². The van der Waals surface area contributed by atoms with Gasteiger partial charge in [0.2, 0.25) is 0 Å². The number of halogens is 7. The van der Waals surface area contributed by atoms with Gasteiger partial charge in [-0.15, -0.1) is 0 Å². The van der Waals surface area contributed by atoms with Crippen LogP contribution in [0.25, 0.3) is 22.2 Å². The fraction of sp³-hybridized carbons (Fsp3) is 0.292. The molecule has 0 fully saturated rings. The largest absolute Gasteiger partial charge is 0.423 e. The Morgan fingerprint density at radius 2 is 1.77 bits per heavy atom. The lowest BCUT2D eigenvalue weighted by molar-refractivity contribution is -0.138. The zero-order chi connectivity index (χ0) is 29.2. The molecule has 2 atom stereocenters. The maximum atomic E-state index is 14.9. The van der Waals surface area contributed by atoms with Crippen LogP contribution in [-0.4, -0.2) is 48.7 Å². The summed E-state index contributed by atoms with van der Waals surface area (Å²) >= 11 is 0. The highest BCUT2D eigenvalue weighted by atomic mass is 19.4. The van der Waals surface area contributed by atoms with Gasteiger partial charge in [-0.25, -0.2) is 32.6 Å². The van der Waals surface area contributed by atoms with Crippen LogP contribution >= 0.6 is 0 Å². The molecule has 0 amide bonds. The Bertz CT molecular complexity index is 1620. The monoisotopic (exact) mass is 572 g/mol. The van der Waals surface area contributed by atoms with E-state index in [-0.39, 0.29) is 22.2 Å². The van der Waals surface area contributed by atoms with Crippen LogP contribution in [0.5, 0.6) is 0 Å². The van der Waals surface area contributed by atoms with Crippen molar-refractivity contribution in [1.29, 1.82) is 0 Å². The number of rotatable bonds is 9. The lowest BCUT2D eigenvalue weighted by atomic mass is 10.1. The van der Waals surface area contributed by atoms with Crippen LogP contribution in [0.1, 0.15) is 24.0 Å². The second kappa shape index (κ2) is 11.4. The maximum Gasteiger partial charge on any atom is 0.423 e. The van der Waals surface area contributed by atoms with E-state index in [9.17, 15) is 45.4 Å². The number of aliphatic hydroxyl groups excluding tert-OH is 1. The van der Waals surface area contributed by atoms with Crippen LogP contribution in [0.15, 0.2) is 52.6 Å². The number of H-pyrrole nitrogens is 1. The fourth-order valence-corrected chi connectivity index (χ4v) is 4.00. The summed E-state index contributed by atoms with van der Waals surface area (Å²) in [6.45, 7) is -1.40. The number of alkyl halides is 6. The van der Waals surface area contributed by atoms with Gasteiger partial charge in [0.15, 0.2) is 5.82 Å². The molecule has 0 radical (unpaired) electrons. The first-order valence-electron chi connectivity index (χ1n) is 11.5. The number of aromatic nitrogens is 5. The lowest BCUT2D eigenvalue weighted by Crippen LogP contribution is -2.33. The van der Waals surface area contributed by atoms with E-state index in [4.69, 9.17) is 0 Å². The molecule has 0 aliphatic heterocycles. The Hall–Kier alpha value is -4.34. The Kier molecular flexibility index (Phi) is 8.18. The molecule has 3 aromatic heterocycles. The van der Waals surface area contributed by atoms with Gasteiger partial charge in [-0.3, -0.25) is 9.59 Å². The third kappa shape index (κ3) is 6.11. The molecule has 3 heterocycles. The number of benzene rings is 1. The molecule has 0 saturated carbocycles. The number of fused-ring (bicyclic) bond motifs is 1. The first kappa shape index (κ1) is 28.7. The van der Waals surface area contributed by atoms with E-state index in [2.05, 4.69) is 20.4 Å². The summed E-state index contributed by atoms with van der Waals surface area (Å²) < 4.78 is 95.9. The predicted octanol–water partition coefficient (Wildman–Crippen LogP) is 3.84. The summed E-state index contributed by atoms with van der Waals surface area (Å²) in [5.74, 6) is -1.12. The number of hydrogen-bond acceptors (Lipinski definition) is 7. The summed E-state index contributed by atoms with van der Waals surface area (Å²) in [5.41, 5.74) is -5.28. The molecule has 40 heavy (non-hydrogen) atoms. The van der Waals surface area contributed by atoms with Crippen molar-refractivity contribution in [3.63, 3.8) is 0 Å². The van der Waals surface area contributed by atoms with Crippen molar-refractivity contribution in [3.8, 4) is 11.4 Å². The molecular weight excluding hydrogens is 553 g/mol. The third-order valence-corrected chi connectivity index (χ3v) is 5.88. The molecule has 9 nitrogen and oxygen atoms in total. The summed E-state index contributed by atoms with van der Waals surface area (Å²) in [4.78, 5) is 32.0. The van der Waals surface area contributed by atoms with Crippen molar-refractivity contribution in [2.75, 3.05) is 11.9 Å². The number of aromatic amines is 1. The third-order valence-electron chi connectivity index (χ3n) is 5.88. The van der Waals surface area contributed by atoms with Gasteiger partial charge < -0.3 is 15.0 Å². The van der Waals surface area contributed by atoms with Gasteiger partial charge in [-0.1, -0.05) is 0 Å². The predicted molar refractivity (Wildman–Crippen MR) is 128 cm³/mol. The molecular formula is C24H19F7N6O3. The van der Waals surface area contributed by atoms with E-state index < -0.39 is 78.1 Å². The van der Waals surface area contributed by atoms with Gasteiger partial charge in [0.05, 0.1) is 47.6 Å². The number of aliphatic hydroxyl groups is 1. The van der Waals surface area contributed by atoms with Crippen LogP contribution in [0.2, 0.25) is 0 Å². The Labute approximate surface area is 219 Å². The summed E-state index contributed by atoms with van der Waals surface area (Å²) in [5, 5.41) is 16.9. The van der Waals surface area contributed by atoms with E-state index in [1.807, 2.05) is 0 Å². The summed E-state index contributed by atoms with van der Waals surface area (Å²) in [6, 6.07) is 2.20. The van der Waals surface area contributed by atoms with Gasteiger partial charge in [0.1, 0.15) is 17.6 Å². The highest BCUT2D eigenvalue weighted by Gasteiger charge is 2.38. The minimum absolute atomic E-state index is 0.138. The highest BCUT2D eigenvalue weighted by molar-refractivity contribution is 5.86. The molecule has 0 spiro atoms.